The van der Waals surface area contributed by atoms with E-state index < -0.39 is 0 Å². The Morgan fingerprint density at radius 3 is 2.38 bits per heavy atom. The van der Waals surface area contributed by atoms with Gasteiger partial charge < -0.3 is 9.38 Å². The van der Waals surface area contributed by atoms with E-state index in [0.717, 1.165) is 9.99 Å². The van der Waals surface area contributed by atoms with Gasteiger partial charge in [-0.1, -0.05) is 70.5 Å². The molecule has 29 heavy (non-hydrogen) atoms. The van der Waals surface area contributed by atoms with E-state index in [0.29, 0.717) is 0 Å². The monoisotopic (exact) mass is 436 g/mol. The predicted molar refractivity (Wildman–Crippen MR) is 125 cm³/mol. The molecule has 3 heteroatoms. The smallest absolute Gasteiger partial charge is 0.0793 e. The number of rotatable bonds is 2. The molecule has 138 valence electrons. The molecule has 6 rings (SSSR count). The molecule has 0 aliphatic rings. The Bertz CT molecular complexity index is 1510. The lowest BCUT2D eigenvalue weighted by atomic mass is 9.99. The van der Waals surface area contributed by atoms with Gasteiger partial charge in [0.1, 0.15) is 0 Å². The van der Waals surface area contributed by atoms with Gasteiger partial charge in [-0.3, -0.25) is 0 Å². The lowest BCUT2D eigenvalue weighted by Gasteiger charge is -2.06. The van der Waals surface area contributed by atoms with Crippen molar-refractivity contribution in [1.29, 1.82) is 0 Å². The van der Waals surface area contributed by atoms with Crippen molar-refractivity contribution < 1.29 is 0 Å². The molecule has 1 N–H and O–H groups in total. The van der Waals surface area contributed by atoms with Crippen molar-refractivity contribution in [1.82, 2.24) is 9.38 Å². The second kappa shape index (κ2) is 6.36. The normalized spacial score (nSPS) is 11.6. The van der Waals surface area contributed by atoms with Gasteiger partial charge in [-0.05, 0) is 53.1 Å². The average molecular weight is 437 g/mol. The van der Waals surface area contributed by atoms with E-state index in [4.69, 9.17) is 0 Å². The fraction of sp³-hybridized carbons (Fsp3) is 0. The maximum absolute atomic E-state index is 3.68. The summed E-state index contributed by atoms with van der Waals surface area (Å²) in [5, 5.41) is 1.22. The summed E-state index contributed by atoms with van der Waals surface area (Å²) in [7, 11) is 0. The quantitative estimate of drug-likeness (QED) is 0.287. The topological polar surface area (TPSA) is 20.2 Å². The third kappa shape index (κ3) is 2.55. The van der Waals surface area contributed by atoms with Crippen LogP contribution in [0.2, 0.25) is 0 Å². The summed E-state index contributed by atoms with van der Waals surface area (Å²) in [5.74, 6) is 0. The number of hydrogen-bond acceptors (Lipinski definition) is 0. The molecule has 0 atom stereocenters. The van der Waals surface area contributed by atoms with Gasteiger partial charge in [0.2, 0.25) is 0 Å². The van der Waals surface area contributed by atoms with Crippen molar-refractivity contribution in [2.75, 3.05) is 0 Å². The zero-order chi connectivity index (χ0) is 19.4. The first kappa shape index (κ1) is 16.6. The second-order valence-corrected chi connectivity index (χ2v) is 8.23. The van der Waals surface area contributed by atoms with Crippen LogP contribution in [0.5, 0.6) is 0 Å². The lowest BCUT2D eigenvalue weighted by molar-refractivity contribution is 1.26. The third-order valence-electron chi connectivity index (χ3n) is 5.60. The highest BCUT2D eigenvalue weighted by atomic mass is 79.9. The second-order valence-electron chi connectivity index (χ2n) is 7.32. The fourth-order valence-electron chi connectivity index (χ4n) is 4.33. The molecule has 0 aliphatic carbocycles. The highest BCUT2D eigenvalue weighted by molar-refractivity contribution is 9.10. The molecule has 3 heterocycles. The zero-order valence-electron chi connectivity index (χ0n) is 15.6. The van der Waals surface area contributed by atoms with Crippen LogP contribution in [0.1, 0.15) is 0 Å². The highest BCUT2D eigenvalue weighted by Gasteiger charge is 2.18. The number of aromatic nitrogens is 2. The van der Waals surface area contributed by atoms with E-state index in [1.54, 1.807) is 0 Å². The Morgan fingerprint density at radius 1 is 0.690 bits per heavy atom. The summed E-state index contributed by atoms with van der Waals surface area (Å²) in [6.45, 7) is 0. The van der Waals surface area contributed by atoms with Crippen LogP contribution < -0.4 is 0 Å². The van der Waals surface area contributed by atoms with E-state index in [1.807, 2.05) is 0 Å². The number of halogens is 1. The minimum Gasteiger partial charge on any atom is -0.353 e. The van der Waals surface area contributed by atoms with Gasteiger partial charge in [-0.15, -0.1) is 0 Å². The molecule has 0 amide bonds. The van der Waals surface area contributed by atoms with Gasteiger partial charge in [-0.25, -0.2) is 0 Å². The summed E-state index contributed by atoms with van der Waals surface area (Å²) in [6.07, 6.45) is 2.15. The number of hydrogen-bond donors (Lipinski definition) is 1. The minimum atomic E-state index is 1.09. The van der Waals surface area contributed by atoms with Crippen LogP contribution in [0.4, 0.5) is 0 Å². The standard InChI is InChI=1S/C26H17BrN2/c27-20-12-13-22-21(16-20)26-25(28-22)24(23-11-4-5-14-29(23)26)19-10-6-9-18(15-19)17-7-2-1-3-8-17/h1-16,28H. The van der Waals surface area contributed by atoms with Crippen LogP contribution in [-0.2, 0) is 0 Å². The number of benzene rings is 3. The molecule has 0 saturated heterocycles. The summed E-state index contributed by atoms with van der Waals surface area (Å²) < 4.78 is 3.38. The van der Waals surface area contributed by atoms with Crippen LogP contribution >= 0.6 is 15.9 Å². The number of aromatic amines is 1. The van der Waals surface area contributed by atoms with Gasteiger partial charge in [-0.2, -0.15) is 0 Å². The number of pyridine rings is 1. The molecular weight excluding hydrogens is 420 g/mol. The third-order valence-corrected chi connectivity index (χ3v) is 6.09. The van der Waals surface area contributed by atoms with Crippen LogP contribution in [0, 0.1) is 0 Å². The van der Waals surface area contributed by atoms with Crippen molar-refractivity contribution in [3.63, 3.8) is 0 Å². The maximum Gasteiger partial charge on any atom is 0.0793 e. The minimum absolute atomic E-state index is 1.09. The van der Waals surface area contributed by atoms with Gasteiger partial charge in [0.15, 0.2) is 0 Å². The van der Waals surface area contributed by atoms with E-state index >= 15 is 0 Å². The molecule has 2 nitrogen and oxygen atoms in total. The van der Waals surface area contributed by atoms with Crippen molar-refractivity contribution in [2.24, 2.45) is 0 Å². The first-order chi connectivity index (χ1) is 14.3. The molecular formula is C26H17BrN2. The van der Waals surface area contributed by atoms with Crippen LogP contribution in [0.25, 0.3) is 49.7 Å². The molecule has 0 radical (unpaired) electrons. The molecule has 0 unspecified atom stereocenters. The fourth-order valence-corrected chi connectivity index (χ4v) is 4.69. The first-order valence-corrected chi connectivity index (χ1v) is 10.4. The molecule has 0 spiro atoms. The summed E-state index contributed by atoms with van der Waals surface area (Å²) in [4.78, 5) is 3.68. The highest BCUT2D eigenvalue weighted by Crippen LogP contribution is 2.40. The van der Waals surface area contributed by atoms with Crippen LogP contribution in [0.3, 0.4) is 0 Å². The summed E-state index contributed by atoms with van der Waals surface area (Å²) >= 11 is 3.63. The van der Waals surface area contributed by atoms with Crippen LogP contribution in [0.15, 0.2) is 102 Å². The van der Waals surface area contributed by atoms with E-state index in [1.165, 1.54) is 44.2 Å². The number of nitrogens with one attached hydrogen (secondary N) is 1. The molecule has 0 fully saturated rings. The molecule has 6 aromatic rings. The van der Waals surface area contributed by atoms with Gasteiger partial charge in [0.25, 0.3) is 0 Å². The SMILES string of the molecule is Brc1ccc2[nH]c3c(-c4cccc(-c5ccccc5)c4)c4ccccn4c3c2c1. The molecule has 3 aromatic heterocycles. The Hall–Kier alpha value is -3.30. The Morgan fingerprint density at radius 2 is 1.48 bits per heavy atom. The Kier molecular flexibility index (Phi) is 3.65. The average Bonchev–Trinajstić information content (AvgIpc) is 3.28. The van der Waals surface area contributed by atoms with E-state index in [-0.39, 0.29) is 0 Å². The van der Waals surface area contributed by atoms with Crippen LogP contribution in [-0.4, -0.2) is 9.38 Å². The van der Waals surface area contributed by atoms with Gasteiger partial charge in [0, 0.05) is 27.1 Å². The maximum atomic E-state index is 3.68. The lowest BCUT2D eigenvalue weighted by Crippen LogP contribution is -1.84. The van der Waals surface area contributed by atoms with Crippen molar-refractivity contribution in [2.45, 2.75) is 0 Å². The first-order valence-electron chi connectivity index (χ1n) is 9.65. The Balaban J connectivity index is 1.70. The Labute approximate surface area is 176 Å². The molecule has 0 bridgehead atoms. The van der Waals surface area contributed by atoms with Crippen molar-refractivity contribution >= 4 is 43.4 Å². The van der Waals surface area contributed by atoms with Crippen molar-refractivity contribution in [3.8, 4) is 22.3 Å². The van der Waals surface area contributed by atoms with Gasteiger partial charge in [0.05, 0.1) is 16.6 Å². The van der Waals surface area contributed by atoms with E-state index in [9.17, 15) is 0 Å². The van der Waals surface area contributed by atoms with Gasteiger partial charge >= 0.3 is 0 Å². The zero-order valence-corrected chi connectivity index (χ0v) is 17.1. The molecule has 3 aromatic carbocycles. The molecule has 0 saturated carbocycles. The largest absolute Gasteiger partial charge is 0.353 e. The number of nitrogens with zero attached hydrogens (tertiary/aromatic N) is 1. The summed E-state index contributed by atoms with van der Waals surface area (Å²) in [6, 6.07) is 32.2. The number of H-pyrrole nitrogens is 1. The van der Waals surface area contributed by atoms with Crippen molar-refractivity contribution in [3.05, 3.63) is 102 Å². The number of fused-ring (bicyclic) bond motifs is 5. The summed E-state index contributed by atoms with van der Waals surface area (Å²) in [5.41, 5.74) is 9.67. The molecule has 0 aliphatic heterocycles. The van der Waals surface area contributed by atoms with E-state index in [2.05, 4.69) is 123 Å². The predicted octanol–water partition coefficient (Wildman–Crippen LogP) is 7.67.